The molecule has 2 aromatic rings. The third kappa shape index (κ3) is 8.86. The number of hydrogen-bond donors (Lipinski definition) is 1. The van der Waals surface area contributed by atoms with Gasteiger partial charge in [-0.2, -0.15) is 0 Å². The smallest absolute Gasteiger partial charge is 0.433 e. The van der Waals surface area contributed by atoms with Gasteiger partial charge >= 0.3 is 12.1 Å². The van der Waals surface area contributed by atoms with Crippen LogP contribution in [0, 0.1) is 0 Å². The van der Waals surface area contributed by atoms with Gasteiger partial charge < -0.3 is 14.6 Å². The molecule has 37 heavy (non-hydrogen) atoms. The lowest BCUT2D eigenvalue weighted by Gasteiger charge is -2.14. The highest BCUT2D eigenvalue weighted by atomic mass is 32.2. The second-order valence-corrected chi connectivity index (χ2v) is 10.3. The largest absolute Gasteiger partial charge is 0.516 e. The molecule has 0 unspecified atom stereocenters. The number of esters is 1. The topological polar surface area (TPSA) is 89.9 Å². The molecule has 1 N–H and O–H groups in total. The van der Waals surface area contributed by atoms with E-state index in [1.807, 2.05) is 54.6 Å². The Hall–Kier alpha value is -2.90. The minimum atomic E-state index is -1.46. The van der Waals surface area contributed by atoms with Crippen molar-refractivity contribution in [1.82, 2.24) is 0 Å². The normalized spacial score (nSPS) is 13.2. The average Bonchev–Trinajstić information content (AvgIpc) is 3.22. The summed E-state index contributed by atoms with van der Waals surface area (Å²) in [6, 6.07) is 15.9. The minimum Gasteiger partial charge on any atom is -0.433 e. The molecule has 0 amide bonds. The average molecular weight is 525 g/mol. The van der Waals surface area contributed by atoms with Crippen molar-refractivity contribution in [2.75, 3.05) is 12.4 Å². The van der Waals surface area contributed by atoms with E-state index in [-0.39, 0.29) is 24.1 Å². The SMILES string of the molecule is CCCCCCCC(=O)SCC/C=C/C[C@H](O)C(=O)OC(=O)OCC1c2ccccc2-c2ccccc21. The molecule has 0 fully saturated rings. The molecule has 6 nitrogen and oxygen atoms in total. The summed E-state index contributed by atoms with van der Waals surface area (Å²) in [6.07, 6.45) is 7.80. The van der Waals surface area contributed by atoms with Crippen LogP contribution in [0.25, 0.3) is 11.1 Å². The number of allylic oxidation sites excluding steroid dienone is 1. The van der Waals surface area contributed by atoms with Crippen LogP contribution in [-0.2, 0) is 19.1 Å². The monoisotopic (exact) mass is 524 g/mol. The minimum absolute atomic E-state index is 0.0194. The lowest BCUT2D eigenvalue weighted by Crippen LogP contribution is -2.26. The highest BCUT2D eigenvalue weighted by molar-refractivity contribution is 8.13. The zero-order valence-corrected chi connectivity index (χ0v) is 22.2. The van der Waals surface area contributed by atoms with Gasteiger partial charge in [-0.3, -0.25) is 4.79 Å². The van der Waals surface area contributed by atoms with Crippen LogP contribution in [0.2, 0.25) is 0 Å². The first kappa shape index (κ1) is 28.7. The number of carbonyl (C=O) groups excluding carboxylic acids is 3. The molecule has 1 aliphatic rings. The number of thioether (sulfide) groups is 1. The number of carbonyl (C=O) groups is 3. The second-order valence-electron chi connectivity index (χ2n) is 9.11. The van der Waals surface area contributed by atoms with Gasteiger partial charge in [-0.05, 0) is 35.1 Å². The van der Waals surface area contributed by atoms with E-state index in [9.17, 15) is 19.5 Å². The van der Waals surface area contributed by atoms with E-state index < -0.39 is 18.2 Å². The van der Waals surface area contributed by atoms with Gasteiger partial charge in [-0.25, -0.2) is 9.59 Å². The van der Waals surface area contributed by atoms with Crippen LogP contribution in [0.5, 0.6) is 0 Å². The zero-order chi connectivity index (χ0) is 26.5. The van der Waals surface area contributed by atoms with Crippen LogP contribution in [-0.4, -0.2) is 40.8 Å². The van der Waals surface area contributed by atoms with Crippen molar-refractivity contribution in [1.29, 1.82) is 0 Å². The Morgan fingerprint density at radius 1 is 0.946 bits per heavy atom. The molecule has 3 rings (SSSR count). The first-order valence-corrected chi connectivity index (χ1v) is 14.0. The molecular formula is C30H36O6S. The van der Waals surface area contributed by atoms with Crippen molar-refractivity contribution in [2.45, 2.75) is 70.3 Å². The van der Waals surface area contributed by atoms with Gasteiger partial charge in [-0.15, -0.1) is 0 Å². The first-order chi connectivity index (χ1) is 18.0. The molecule has 198 valence electrons. The van der Waals surface area contributed by atoms with Crippen LogP contribution in [0.1, 0.15) is 75.3 Å². The summed E-state index contributed by atoms with van der Waals surface area (Å²) >= 11 is 1.32. The number of fused-ring (bicyclic) bond motifs is 3. The standard InChI is InChI=1S/C30H36O6S/c1-2-3-4-5-8-19-28(32)37-20-13-6-7-18-27(31)29(33)36-30(34)35-21-26-24-16-11-9-14-22(24)23-15-10-12-17-25(23)26/h6-7,9-12,14-17,26-27,31H,2-5,8,13,18-21H2,1H3/b7-6+/t27-/m0/s1. The molecule has 0 saturated heterocycles. The lowest BCUT2D eigenvalue weighted by atomic mass is 9.98. The second kappa shape index (κ2) is 15.4. The number of benzene rings is 2. The van der Waals surface area contributed by atoms with Crippen molar-refractivity contribution in [2.24, 2.45) is 0 Å². The van der Waals surface area contributed by atoms with Gasteiger partial charge in [0.2, 0.25) is 0 Å². The first-order valence-electron chi connectivity index (χ1n) is 13.1. The van der Waals surface area contributed by atoms with Crippen molar-refractivity contribution >= 4 is 29.0 Å². The highest BCUT2D eigenvalue weighted by Crippen LogP contribution is 2.44. The predicted octanol–water partition coefficient (Wildman–Crippen LogP) is 6.80. The third-order valence-electron chi connectivity index (χ3n) is 6.34. The maximum atomic E-state index is 12.1. The summed E-state index contributed by atoms with van der Waals surface area (Å²) < 4.78 is 9.93. The van der Waals surface area contributed by atoms with E-state index in [0.717, 1.165) is 35.1 Å². The molecule has 0 spiro atoms. The Morgan fingerprint density at radius 2 is 1.59 bits per heavy atom. The number of aliphatic hydroxyl groups is 1. The molecule has 2 aromatic carbocycles. The highest BCUT2D eigenvalue weighted by Gasteiger charge is 2.30. The number of rotatable bonds is 14. The summed E-state index contributed by atoms with van der Waals surface area (Å²) in [7, 11) is 0. The molecule has 0 saturated carbocycles. The molecule has 1 aliphatic carbocycles. The van der Waals surface area contributed by atoms with Crippen LogP contribution < -0.4 is 0 Å². The van der Waals surface area contributed by atoms with E-state index in [4.69, 9.17) is 4.74 Å². The van der Waals surface area contributed by atoms with E-state index >= 15 is 0 Å². The maximum absolute atomic E-state index is 12.1. The van der Waals surface area contributed by atoms with Crippen LogP contribution in [0.3, 0.4) is 0 Å². The summed E-state index contributed by atoms with van der Waals surface area (Å²) in [5.74, 6) is -0.534. The summed E-state index contributed by atoms with van der Waals surface area (Å²) in [5, 5.41) is 10.2. The molecule has 0 aromatic heterocycles. The maximum Gasteiger partial charge on any atom is 0.516 e. The quantitative estimate of drug-likeness (QED) is 0.126. The van der Waals surface area contributed by atoms with Crippen molar-refractivity contribution in [3.8, 4) is 11.1 Å². The number of hydrogen-bond acceptors (Lipinski definition) is 7. The molecule has 1 atom stereocenters. The summed E-state index contributed by atoms with van der Waals surface area (Å²) in [4.78, 5) is 36.0. The fourth-order valence-corrected chi connectivity index (χ4v) is 5.17. The Labute approximate surface area is 223 Å². The van der Waals surface area contributed by atoms with Gasteiger partial charge in [0.25, 0.3) is 0 Å². The van der Waals surface area contributed by atoms with E-state index in [1.54, 1.807) is 6.08 Å². The molecule has 7 heteroatoms. The van der Waals surface area contributed by atoms with E-state index in [1.165, 1.54) is 31.0 Å². The number of ether oxygens (including phenoxy) is 2. The van der Waals surface area contributed by atoms with Crippen molar-refractivity contribution in [3.63, 3.8) is 0 Å². The summed E-state index contributed by atoms with van der Waals surface area (Å²) in [6.45, 7) is 2.20. The third-order valence-corrected chi connectivity index (χ3v) is 7.31. The van der Waals surface area contributed by atoms with Crippen LogP contribution in [0.15, 0.2) is 60.7 Å². The summed E-state index contributed by atoms with van der Waals surface area (Å²) in [5.41, 5.74) is 4.31. The van der Waals surface area contributed by atoms with Crippen LogP contribution in [0.4, 0.5) is 4.79 Å². The van der Waals surface area contributed by atoms with Crippen molar-refractivity contribution < 1.29 is 29.0 Å². The number of unbranched alkanes of at least 4 members (excludes halogenated alkanes) is 4. The van der Waals surface area contributed by atoms with Gasteiger partial charge in [0.15, 0.2) is 11.2 Å². The fraction of sp³-hybridized carbons (Fsp3) is 0.433. The van der Waals surface area contributed by atoms with E-state index in [0.29, 0.717) is 18.6 Å². The number of aliphatic hydroxyl groups excluding tert-OH is 1. The molecule has 0 aliphatic heterocycles. The Bertz CT molecular complexity index is 1030. The van der Waals surface area contributed by atoms with Crippen LogP contribution >= 0.6 is 11.8 Å². The Balaban J connectivity index is 1.32. The zero-order valence-electron chi connectivity index (χ0n) is 21.4. The molecular weight excluding hydrogens is 488 g/mol. The van der Waals surface area contributed by atoms with Gasteiger partial charge in [0, 0.05) is 24.5 Å². The lowest BCUT2D eigenvalue weighted by molar-refractivity contribution is -0.149. The van der Waals surface area contributed by atoms with E-state index in [2.05, 4.69) is 11.7 Å². The Kier molecular flexibility index (Phi) is 11.9. The van der Waals surface area contributed by atoms with Gasteiger partial charge in [-0.1, -0.05) is 105 Å². The molecule has 0 bridgehead atoms. The predicted molar refractivity (Wildman–Crippen MR) is 146 cm³/mol. The van der Waals surface area contributed by atoms with Gasteiger partial charge in [0.1, 0.15) is 6.61 Å². The molecule has 0 radical (unpaired) electrons. The Morgan fingerprint density at radius 3 is 2.27 bits per heavy atom. The van der Waals surface area contributed by atoms with Gasteiger partial charge in [0.05, 0.1) is 0 Å². The van der Waals surface area contributed by atoms with Crippen molar-refractivity contribution in [3.05, 3.63) is 71.8 Å². The molecule has 0 heterocycles. The fourth-order valence-electron chi connectivity index (χ4n) is 4.40.